The number of nitrogen functional groups attached to an aromatic ring is 1. The molecule has 0 heterocycles. The summed E-state index contributed by atoms with van der Waals surface area (Å²) in [5.74, 6) is -0.680. The van der Waals surface area contributed by atoms with E-state index in [0.717, 1.165) is 18.2 Å². The molecular formula is C14H11F3N2O2. The van der Waals surface area contributed by atoms with Gasteiger partial charge in [0.2, 0.25) is 0 Å². The van der Waals surface area contributed by atoms with Gasteiger partial charge in [0.25, 0.3) is 5.91 Å². The summed E-state index contributed by atoms with van der Waals surface area (Å²) in [4.78, 5) is 11.9. The summed E-state index contributed by atoms with van der Waals surface area (Å²) in [5.41, 5.74) is 4.65. The molecule has 2 rings (SSSR count). The molecular weight excluding hydrogens is 285 g/mol. The third kappa shape index (κ3) is 3.44. The quantitative estimate of drug-likeness (QED) is 0.745. The first kappa shape index (κ1) is 14.7. The largest absolute Gasteiger partial charge is 0.508 e. The number of alkyl halides is 3. The summed E-state index contributed by atoms with van der Waals surface area (Å²) in [6.07, 6.45) is -4.50. The van der Waals surface area contributed by atoms with Crippen LogP contribution in [0.3, 0.4) is 0 Å². The second-order valence-electron chi connectivity index (χ2n) is 4.30. The number of benzene rings is 2. The van der Waals surface area contributed by atoms with Gasteiger partial charge >= 0.3 is 6.18 Å². The lowest BCUT2D eigenvalue weighted by atomic mass is 10.1. The topological polar surface area (TPSA) is 75.3 Å². The van der Waals surface area contributed by atoms with Crippen LogP contribution in [-0.4, -0.2) is 11.0 Å². The highest BCUT2D eigenvalue weighted by Gasteiger charge is 2.30. The molecule has 0 spiro atoms. The molecule has 7 heteroatoms. The number of hydrogen-bond acceptors (Lipinski definition) is 3. The molecule has 2 aromatic carbocycles. The van der Waals surface area contributed by atoms with Gasteiger partial charge in [-0.1, -0.05) is 6.07 Å². The maximum absolute atomic E-state index is 12.5. The SMILES string of the molecule is Nc1cc(C(F)(F)F)ccc1NC(=O)c1cccc(O)c1. The minimum Gasteiger partial charge on any atom is -0.508 e. The van der Waals surface area contributed by atoms with Crippen molar-refractivity contribution in [3.63, 3.8) is 0 Å². The van der Waals surface area contributed by atoms with Crippen molar-refractivity contribution in [1.29, 1.82) is 0 Å². The van der Waals surface area contributed by atoms with Crippen molar-refractivity contribution in [2.45, 2.75) is 6.18 Å². The molecule has 0 atom stereocenters. The van der Waals surface area contributed by atoms with Crippen LogP contribution in [0.5, 0.6) is 5.75 Å². The van der Waals surface area contributed by atoms with Crippen molar-refractivity contribution >= 4 is 17.3 Å². The number of halogens is 3. The molecule has 0 aromatic heterocycles. The molecule has 0 unspecified atom stereocenters. The van der Waals surface area contributed by atoms with E-state index in [1.165, 1.54) is 24.3 Å². The zero-order valence-electron chi connectivity index (χ0n) is 10.6. The van der Waals surface area contributed by atoms with Crippen LogP contribution in [0, 0.1) is 0 Å². The average Bonchev–Trinajstić information content (AvgIpc) is 2.39. The van der Waals surface area contributed by atoms with E-state index < -0.39 is 17.6 Å². The maximum Gasteiger partial charge on any atom is 0.416 e. The minimum atomic E-state index is -4.50. The van der Waals surface area contributed by atoms with Crippen molar-refractivity contribution in [3.8, 4) is 5.75 Å². The first-order valence-electron chi connectivity index (χ1n) is 5.84. The van der Waals surface area contributed by atoms with Crippen molar-refractivity contribution in [3.05, 3.63) is 53.6 Å². The molecule has 4 nitrogen and oxygen atoms in total. The Morgan fingerprint density at radius 1 is 1.14 bits per heavy atom. The van der Waals surface area contributed by atoms with E-state index in [1.54, 1.807) is 0 Å². The fourth-order valence-corrected chi connectivity index (χ4v) is 1.69. The molecule has 110 valence electrons. The van der Waals surface area contributed by atoms with E-state index in [4.69, 9.17) is 5.73 Å². The second kappa shape index (κ2) is 5.35. The molecule has 0 fully saturated rings. The lowest BCUT2D eigenvalue weighted by molar-refractivity contribution is -0.137. The van der Waals surface area contributed by atoms with Crippen molar-refractivity contribution in [2.75, 3.05) is 11.1 Å². The number of hydrogen-bond donors (Lipinski definition) is 3. The van der Waals surface area contributed by atoms with E-state index in [2.05, 4.69) is 5.32 Å². The number of nitrogens with two attached hydrogens (primary N) is 1. The van der Waals surface area contributed by atoms with E-state index in [-0.39, 0.29) is 22.7 Å². The van der Waals surface area contributed by atoms with Gasteiger partial charge in [0, 0.05) is 5.56 Å². The summed E-state index contributed by atoms with van der Waals surface area (Å²) in [6.45, 7) is 0. The van der Waals surface area contributed by atoms with Gasteiger partial charge in [-0.25, -0.2) is 0 Å². The molecule has 4 N–H and O–H groups in total. The van der Waals surface area contributed by atoms with Gasteiger partial charge in [0.15, 0.2) is 0 Å². The normalized spacial score (nSPS) is 11.2. The Morgan fingerprint density at radius 2 is 1.86 bits per heavy atom. The number of carbonyl (C=O) groups is 1. The number of nitrogens with one attached hydrogen (secondary N) is 1. The Morgan fingerprint density at radius 3 is 2.43 bits per heavy atom. The standard InChI is InChI=1S/C14H11F3N2O2/c15-14(16,17)9-4-5-12(11(18)7-9)19-13(21)8-2-1-3-10(20)6-8/h1-7,20H,18H2,(H,19,21). The molecule has 0 bridgehead atoms. The van der Waals surface area contributed by atoms with Crippen LogP contribution in [0.25, 0.3) is 0 Å². The van der Waals surface area contributed by atoms with Crippen LogP contribution in [0.1, 0.15) is 15.9 Å². The molecule has 1 amide bonds. The van der Waals surface area contributed by atoms with Gasteiger partial charge in [-0.2, -0.15) is 13.2 Å². The summed E-state index contributed by atoms with van der Waals surface area (Å²) in [6, 6.07) is 8.21. The molecule has 21 heavy (non-hydrogen) atoms. The van der Waals surface area contributed by atoms with Crippen molar-refractivity contribution in [1.82, 2.24) is 0 Å². The van der Waals surface area contributed by atoms with Crippen molar-refractivity contribution < 1.29 is 23.1 Å². The number of amides is 1. The predicted molar refractivity (Wildman–Crippen MR) is 71.9 cm³/mol. The van der Waals surface area contributed by atoms with Gasteiger partial charge in [-0.15, -0.1) is 0 Å². The molecule has 0 aliphatic rings. The number of rotatable bonds is 2. The highest BCUT2D eigenvalue weighted by atomic mass is 19.4. The molecule has 0 aliphatic carbocycles. The highest BCUT2D eigenvalue weighted by molar-refractivity contribution is 6.05. The summed E-state index contributed by atoms with van der Waals surface area (Å²) in [5, 5.41) is 11.7. The number of phenols is 1. The summed E-state index contributed by atoms with van der Waals surface area (Å²) < 4.78 is 37.5. The van der Waals surface area contributed by atoms with E-state index in [9.17, 15) is 23.1 Å². The summed E-state index contributed by atoms with van der Waals surface area (Å²) in [7, 11) is 0. The van der Waals surface area contributed by atoms with Crippen LogP contribution in [-0.2, 0) is 6.18 Å². The predicted octanol–water partition coefficient (Wildman–Crippen LogP) is 3.25. The lowest BCUT2D eigenvalue weighted by Gasteiger charge is -2.12. The Labute approximate surface area is 118 Å². The van der Waals surface area contributed by atoms with Crippen molar-refractivity contribution in [2.24, 2.45) is 0 Å². The Balaban J connectivity index is 2.22. The Hall–Kier alpha value is -2.70. The van der Waals surface area contributed by atoms with Gasteiger partial charge in [-0.3, -0.25) is 4.79 Å². The van der Waals surface area contributed by atoms with Gasteiger partial charge in [-0.05, 0) is 36.4 Å². The smallest absolute Gasteiger partial charge is 0.416 e. The van der Waals surface area contributed by atoms with Crippen LogP contribution < -0.4 is 11.1 Å². The van der Waals surface area contributed by atoms with Crippen LogP contribution in [0.4, 0.5) is 24.5 Å². The lowest BCUT2D eigenvalue weighted by Crippen LogP contribution is -2.14. The number of anilines is 2. The van der Waals surface area contributed by atoms with E-state index >= 15 is 0 Å². The minimum absolute atomic E-state index is 0.0661. The van der Waals surface area contributed by atoms with E-state index in [1.807, 2.05) is 0 Å². The van der Waals surface area contributed by atoms with E-state index in [0.29, 0.717) is 0 Å². The molecule has 0 saturated heterocycles. The van der Waals surface area contributed by atoms with Crippen LogP contribution in [0.2, 0.25) is 0 Å². The molecule has 0 aliphatic heterocycles. The van der Waals surface area contributed by atoms with Gasteiger partial charge < -0.3 is 16.2 Å². The zero-order chi connectivity index (χ0) is 15.6. The van der Waals surface area contributed by atoms with Gasteiger partial charge in [0.05, 0.1) is 16.9 Å². The molecule has 0 saturated carbocycles. The highest BCUT2D eigenvalue weighted by Crippen LogP contribution is 2.32. The number of phenolic OH excluding ortho intramolecular Hbond substituents is 1. The Bertz CT molecular complexity index is 684. The van der Waals surface area contributed by atoms with Crippen LogP contribution >= 0.6 is 0 Å². The van der Waals surface area contributed by atoms with Crippen LogP contribution in [0.15, 0.2) is 42.5 Å². The molecule has 2 aromatic rings. The first-order chi connectivity index (χ1) is 9.77. The first-order valence-corrected chi connectivity index (χ1v) is 5.84. The molecule has 0 radical (unpaired) electrons. The Kier molecular flexibility index (Phi) is 3.75. The second-order valence-corrected chi connectivity index (χ2v) is 4.30. The third-order valence-electron chi connectivity index (χ3n) is 2.74. The number of aromatic hydroxyl groups is 1. The maximum atomic E-state index is 12.5. The zero-order valence-corrected chi connectivity index (χ0v) is 10.6. The fraction of sp³-hybridized carbons (Fsp3) is 0.0714. The van der Waals surface area contributed by atoms with Gasteiger partial charge in [0.1, 0.15) is 5.75 Å². The average molecular weight is 296 g/mol. The third-order valence-corrected chi connectivity index (χ3v) is 2.74. The number of carbonyl (C=O) groups excluding carboxylic acids is 1. The summed E-state index contributed by atoms with van der Waals surface area (Å²) >= 11 is 0. The fourth-order valence-electron chi connectivity index (χ4n) is 1.69. The monoisotopic (exact) mass is 296 g/mol.